The van der Waals surface area contributed by atoms with Crippen LogP contribution in [0.1, 0.15) is 112 Å². The second-order valence-corrected chi connectivity index (χ2v) is 13.1. The van der Waals surface area contributed by atoms with E-state index in [4.69, 9.17) is 0 Å². The molecule has 4 rings (SSSR count). The maximum Gasteiger partial charge on any atom is 1.00 e. The van der Waals surface area contributed by atoms with Crippen LogP contribution in [0.2, 0.25) is 0 Å². The molecule has 31 heavy (non-hydrogen) atoms. The minimum absolute atomic E-state index is 0. The van der Waals surface area contributed by atoms with Gasteiger partial charge in [-0.3, -0.25) is 5.60 Å². The minimum atomic E-state index is -0.899. The second kappa shape index (κ2) is 10.4. The predicted octanol–water partition coefficient (Wildman–Crippen LogP) is 1.05. The fraction of sp³-hybridized carbons (Fsp3) is 0.964. The van der Waals surface area contributed by atoms with Gasteiger partial charge in [0.2, 0.25) is 0 Å². The van der Waals surface area contributed by atoms with Crippen molar-refractivity contribution in [1.29, 1.82) is 0 Å². The van der Waals surface area contributed by atoms with Gasteiger partial charge < -0.3 is 12.0 Å². The van der Waals surface area contributed by atoms with Crippen LogP contribution < -0.4 is 42.8 Å². The Hall–Kier alpha value is 1.15. The second-order valence-electron chi connectivity index (χ2n) is 13.1. The normalized spacial score (nSPS) is 47.4. The summed E-state index contributed by atoms with van der Waals surface area (Å²) in [7, 11) is 0. The van der Waals surface area contributed by atoms with Crippen LogP contribution in [0.4, 0.5) is 0 Å². The van der Waals surface area contributed by atoms with E-state index in [0.29, 0.717) is 16.7 Å². The van der Waals surface area contributed by atoms with E-state index in [0.717, 1.165) is 54.8 Å². The molecule has 0 amide bonds. The Balaban J connectivity index is 0.00000171. The molecule has 1 nitrogen and oxygen atoms in total. The van der Waals surface area contributed by atoms with Gasteiger partial charge >= 0.3 is 37.7 Å². The number of fused-ring (bicyclic) bond motifs is 5. The van der Waals surface area contributed by atoms with Gasteiger partial charge in [-0.05, 0) is 90.8 Å². The Labute approximate surface area is 218 Å². The molecule has 3 heteroatoms. The summed E-state index contributed by atoms with van der Waals surface area (Å²) in [5.74, 6) is 6.11. The van der Waals surface area contributed by atoms with Gasteiger partial charge in [-0.25, -0.2) is 0 Å². The van der Waals surface area contributed by atoms with Crippen molar-refractivity contribution < 1.29 is 42.8 Å². The van der Waals surface area contributed by atoms with Gasteiger partial charge in [-0.15, -0.1) is 0 Å². The molecule has 0 aliphatic heterocycles. The molecular weight excluding hydrogens is 366 g/mol. The molecule has 0 radical (unpaired) electrons. The van der Waals surface area contributed by atoms with E-state index in [1.54, 1.807) is 0 Å². The van der Waals surface area contributed by atoms with Gasteiger partial charge in [0.25, 0.3) is 0 Å². The molecule has 0 saturated heterocycles. The molecule has 4 aliphatic carbocycles. The smallest absolute Gasteiger partial charge is 0.873 e. The molecule has 0 spiro atoms. The van der Waals surface area contributed by atoms with Crippen molar-refractivity contribution in [1.82, 2.24) is 0 Å². The third-order valence-corrected chi connectivity index (χ3v) is 11.0. The molecule has 4 saturated carbocycles. The van der Waals surface area contributed by atoms with Crippen molar-refractivity contribution in [3.63, 3.8) is 0 Å². The van der Waals surface area contributed by atoms with Crippen molar-refractivity contribution in [2.45, 2.75) is 117 Å². The van der Waals surface area contributed by atoms with Crippen molar-refractivity contribution in [3.05, 3.63) is 6.92 Å². The molecule has 4 fully saturated rings. The zero-order valence-corrected chi connectivity index (χ0v) is 22.1. The first-order valence-electron chi connectivity index (χ1n) is 13.1. The average Bonchev–Trinajstić information content (AvgIpc) is 2.99. The van der Waals surface area contributed by atoms with Crippen molar-refractivity contribution in [2.24, 2.45) is 52.3 Å². The summed E-state index contributed by atoms with van der Waals surface area (Å²) in [6, 6.07) is 0. The van der Waals surface area contributed by atoms with Gasteiger partial charge in [0.15, 0.2) is 0 Å². The van der Waals surface area contributed by atoms with Gasteiger partial charge in [-0.1, -0.05) is 73.1 Å². The standard InChI is InChI=1S/C28H48O.2Li/c1-19(2)8-7-9-20(3)23-12-13-24-22-11-10-21-18-26(4,29)16-17-27(21,5)25(22)14-15-28(23,24)6;;/h19-25H,4,7-18H2,1-3,5-6H3;;/q-2;2*+1/t20-,21?,22+,23-,24+,25+,26-,27+,28-;;/m1../s1. The summed E-state index contributed by atoms with van der Waals surface area (Å²) in [4.78, 5) is 0. The summed E-state index contributed by atoms with van der Waals surface area (Å²) < 4.78 is 0. The molecule has 0 aromatic rings. The fourth-order valence-electron chi connectivity index (χ4n) is 9.33. The molecule has 9 atom stereocenters. The van der Waals surface area contributed by atoms with Crippen LogP contribution in [0, 0.1) is 59.2 Å². The molecule has 0 heterocycles. The number of hydrogen-bond acceptors (Lipinski definition) is 1. The SMILES string of the molecule is [CH2-][C@@]1([O-])CC[C@@]2(C)C(CC[C@H]3[C@@H]4CC[C@H]([C@H](C)CCCC(C)C)[C@@]4(C)CC[C@@H]32)C1.[Li+].[Li+]. The Morgan fingerprint density at radius 3 is 2.19 bits per heavy atom. The van der Waals surface area contributed by atoms with Gasteiger partial charge in [0.05, 0.1) is 0 Å². The van der Waals surface area contributed by atoms with E-state index in [1.807, 2.05) is 0 Å². The van der Waals surface area contributed by atoms with Gasteiger partial charge in [0.1, 0.15) is 0 Å². The molecule has 0 aromatic carbocycles. The Kier molecular flexibility index (Phi) is 9.54. The van der Waals surface area contributed by atoms with Crippen LogP contribution in [0.3, 0.4) is 0 Å². The third-order valence-electron chi connectivity index (χ3n) is 11.0. The van der Waals surface area contributed by atoms with Crippen molar-refractivity contribution in [2.75, 3.05) is 0 Å². The molecule has 0 N–H and O–H groups in total. The molecule has 0 aromatic heterocycles. The summed E-state index contributed by atoms with van der Waals surface area (Å²) >= 11 is 0. The number of rotatable bonds is 5. The van der Waals surface area contributed by atoms with E-state index in [1.165, 1.54) is 57.8 Å². The summed E-state index contributed by atoms with van der Waals surface area (Å²) in [5, 5.41) is 12.6. The average molecular weight is 415 g/mol. The first-order chi connectivity index (χ1) is 13.6. The van der Waals surface area contributed by atoms with Crippen LogP contribution in [-0.4, -0.2) is 5.60 Å². The topological polar surface area (TPSA) is 23.1 Å². The number of hydrogen-bond donors (Lipinski definition) is 0. The summed E-state index contributed by atoms with van der Waals surface area (Å²) in [6.45, 7) is 16.6. The molecular formula is C28H48Li2O. The van der Waals surface area contributed by atoms with Crippen LogP contribution in [0.15, 0.2) is 0 Å². The van der Waals surface area contributed by atoms with Gasteiger partial charge in [-0.2, -0.15) is 0 Å². The Bertz CT molecular complexity index is 590. The zero-order chi connectivity index (χ0) is 21.0. The van der Waals surface area contributed by atoms with Gasteiger partial charge in [0, 0.05) is 0 Å². The molecule has 0 bridgehead atoms. The van der Waals surface area contributed by atoms with Crippen LogP contribution in [-0.2, 0) is 0 Å². The van der Waals surface area contributed by atoms with E-state index >= 15 is 0 Å². The van der Waals surface area contributed by atoms with Crippen LogP contribution in [0.25, 0.3) is 0 Å². The zero-order valence-electron chi connectivity index (χ0n) is 22.1. The third kappa shape index (κ3) is 5.23. The van der Waals surface area contributed by atoms with Crippen LogP contribution >= 0.6 is 0 Å². The summed E-state index contributed by atoms with van der Waals surface area (Å²) in [5.41, 5.74) is 0.117. The molecule has 1 unspecified atom stereocenters. The first-order valence-corrected chi connectivity index (χ1v) is 13.1. The fourth-order valence-corrected chi connectivity index (χ4v) is 9.33. The minimum Gasteiger partial charge on any atom is -0.873 e. The Morgan fingerprint density at radius 2 is 1.52 bits per heavy atom. The van der Waals surface area contributed by atoms with E-state index in [2.05, 4.69) is 41.5 Å². The molecule has 4 aliphatic rings. The largest absolute Gasteiger partial charge is 1.00 e. The quantitative estimate of drug-likeness (QED) is 0.487. The van der Waals surface area contributed by atoms with E-state index in [-0.39, 0.29) is 37.7 Å². The molecule has 168 valence electrons. The maximum absolute atomic E-state index is 12.6. The van der Waals surface area contributed by atoms with E-state index < -0.39 is 5.60 Å². The van der Waals surface area contributed by atoms with Crippen LogP contribution in [0.5, 0.6) is 0 Å². The van der Waals surface area contributed by atoms with Crippen molar-refractivity contribution >= 4 is 0 Å². The van der Waals surface area contributed by atoms with Crippen molar-refractivity contribution in [3.8, 4) is 0 Å². The van der Waals surface area contributed by atoms with E-state index in [9.17, 15) is 5.11 Å². The first kappa shape index (κ1) is 28.4. The predicted molar refractivity (Wildman–Crippen MR) is 121 cm³/mol. The monoisotopic (exact) mass is 414 g/mol. The summed E-state index contributed by atoms with van der Waals surface area (Å²) in [6.07, 6.45) is 15.6. The Morgan fingerprint density at radius 1 is 0.839 bits per heavy atom. The maximum atomic E-state index is 12.6.